The van der Waals surface area contributed by atoms with Crippen LogP contribution in [0.1, 0.15) is 51.8 Å². The highest BCUT2D eigenvalue weighted by atomic mass is 16.3. The van der Waals surface area contributed by atoms with Crippen molar-refractivity contribution < 1.29 is 24.6 Å². The number of ketones is 3. The molecule has 2 rings (SSSR count). The zero-order valence-corrected chi connectivity index (χ0v) is 11.9. The molecule has 0 saturated carbocycles. The van der Waals surface area contributed by atoms with Crippen LogP contribution >= 0.6 is 0 Å². The van der Waals surface area contributed by atoms with Gasteiger partial charge in [-0.25, -0.2) is 0 Å². The van der Waals surface area contributed by atoms with Gasteiger partial charge in [-0.1, -0.05) is 0 Å². The van der Waals surface area contributed by atoms with Crippen molar-refractivity contribution >= 4 is 28.1 Å². The topological polar surface area (TPSA) is 91.7 Å². The van der Waals surface area contributed by atoms with Gasteiger partial charge in [0.1, 0.15) is 11.5 Å². The summed E-state index contributed by atoms with van der Waals surface area (Å²) in [6, 6.07) is 4.01. The van der Waals surface area contributed by atoms with Gasteiger partial charge in [0, 0.05) is 16.3 Å². The molecule has 0 unspecified atom stereocenters. The number of aromatic hydroxyl groups is 2. The molecule has 2 N–H and O–H groups in total. The number of carbonyl (C=O) groups excluding carboxylic acids is 3. The molecule has 0 saturated heterocycles. The van der Waals surface area contributed by atoms with E-state index >= 15 is 0 Å². The van der Waals surface area contributed by atoms with Gasteiger partial charge in [0.25, 0.3) is 0 Å². The van der Waals surface area contributed by atoms with E-state index in [9.17, 15) is 24.6 Å². The lowest BCUT2D eigenvalue weighted by molar-refractivity contribution is 0.0998. The molecule has 5 heteroatoms. The van der Waals surface area contributed by atoms with E-state index in [1.807, 2.05) is 0 Å². The van der Waals surface area contributed by atoms with Crippen molar-refractivity contribution in [2.75, 3.05) is 0 Å². The van der Waals surface area contributed by atoms with Crippen LogP contribution in [0.3, 0.4) is 0 Å². The van der Waals surface area contributed by atoms with Crippen molar-refractivity contribution in [2.45, 2.75) is 20.8 Å². The molecule has 21 heavy (non-hydrogen) atoms. The Hall–Kier alpha value is -2.69. The van der Waals surface area contributed by atoms with Crippen LogP contribution in [0.5, 0.6) is 11.5 Å². The minimum atomic E-state index is -0.396. The SMILES string of the molecule is CC(=O)c1cc(C(C)=O)c2c(O)c(C(C)=O)ccc2c1O. The molecule has 0 aromatic heterocycles. The first-order valence-electron chi connectivity index (χ1n) is 6.30. The van der Waals surface area contributed by atoms with Gasteiger partial charge in [0.2, 0.25) is 0 Å². The Morgan fingerprint density at radius 1 is 0.762 bits per heavy atom. The van der Waals surface area contributed by atoms with Crippen molar-refractivity contribution in [3.63, 3.8) is 0 Å². The quantitative estimate of drug-likeness (QED) is 0.846. The van der Waals surface area contributed by atoms with E-state index in [4.69, 9.17) is 0 Å². The van der Waals surface area contributed by atoms with Crippen molar-refractivity contribution in [2.24, 2.45) is 0 Å². The van der Waals surface area contributed by atoms with Crippen molar-refractivity contribution in [1.29, 1.82) is 0 Å². The fourth-order valence-corrected chi connectivity index (χ4v) is 2.32. The maximum Gasteiger partial charge on any atom is 0.163 e. The number of phenols is 2. The number of hydrogen-bond donors (Lipinski definition) is 2. The molecule has 0 radical (unpaired) electrons. The van der Waals surface area contributed by atoms with Crippen LogP contribution < -0.4 is 0 Å². The standard InChI is InChI=1S/C16H14O5/c1-7(17)10-4-5-11-14(16(10)21)12(8(2)18)6-13(9(3)19)15(11)20/h4-6,20-21H,1-3H3. The van der Waals surface area contributed by atoms with Gasteiger partial charge in [0.05, 0.1) is 11.1 Å². The summed E-state index contributed by atoms with van der Waals surface area (Å²) < 4.78 is 0. The second-order valence-electron chi connectivity index (χ2n) is 4.87. The van der Waals surface area contributed by atoms with Crippen LogP contribution in [0.15, 0.2) is 18.2 Å². The van der Waals surface area contributed by atoms with Gasteiger partial charge in [-0.15, -0.1) is 0 Å². The Bertz CT molecular complexity index is 802. The molecule has 5 nitrogen and oxygen atoms in total. The number of phenolic OH excluding ortho intramolecular Hbond substituents is 2. The highest BCUT2D eigenvalue weighted by Crippen LogP contribution is 2.39. The molecule has 0 fully saturated rings. The Labute approximate surface area is 120 Å². The molecule has 0 spiro atoms. The third-order valence-electron chi connectivity index (χ3n) is 3.38. The maximum atomic E-state index is 11.8. The third kappa shape index (κ3) is 2.27. The summed E-state index contributed by atoms with van der Waals surface area (Å²) in [7, 11) is 0. The van der Waals surface area contributed by atoms with Crippen LogP contribution in [-0.2, 0) is 0 Å². The lowest BCUT2D eigenvalue weighted by Gasteiger charge is -2.13. The summed E-state index contributed by atoms with van der Waals surface area (Å²) in [4.78, 5) is 34.8. The molecular formula is C16H14O5. The third-order valence-corrected chi connectivity index (χ3v) is 3.38. The average molecular weight is 286 g/mol. The number of Topliss-reactive ketones (excluding diaryl/α,β-unsaturated/α-hetero) is 3. The Morgan fingerprint density at radius 3 is 1.76 bits per heavy atom. The van der Waals surface area contributed by atoms with Crippen molar-refractivity contribution in [3.8, 4) is 11.5 Å². The summed E-state index contributed by atoms with van der Waals surface area (Å²) in [5, 5.41) is 20.6. The number of carbonyl (C=O) groups is 3. The lowest BCUT2D eigenvalue weighted by atomic mass is 9.93. The highest BCUT2D eigenvalue weighted by Gasteiger charge is 2.21. The number of hydrogen-bond acceptors (Lipinski definition) is 5. The summed E-state index contributed by atoms with van der Waals surface area (Å²) in [5.74, 6) is -1.81. The van der Waals surface area contributed by atoms with E-state index in [1.54, 1.807) is 0 Å². The molecule has 0 bridgehead atoms. The van der Waals surface area contributed by atoms with Gasteiger partial charge >= 0.3 is 0 Å². The fraction of sp³-hybridized carbons (Fsp3) is 0.188. The Balaban J connectivity index is 3.05. The lowest BCUT2D eigenvalue weighted by Crippen LogP contribution is -2.03. The van der Waals surface area contributed by atoms with Crippen LogP contribution in [0, 0.1) is 0 Å². The first kappa shape index (κ1) is 14.7. The largest absolute Gasteiger partial charge is 0.507 e. The monoisotopic (exact) mass is 286 g/mol. The predicted molar refractivity (Wildman–Crippen MR) is 77.3 cm³/mol. The minimum absolute atomic E-state index is 0.00248. The Morgan fingerprint density at radius 2 is 1.29 bits per heavy atom. The van der Waals surface area contributed by atoms with Crippen LogP contribution in [0.4, 0.5) is 0 Å². The summed E-state index contributed by atoms with van der Waals surface area (Å²) in [5.41, 5.74) is 0.149. The van der Waals surface area contributed by atoms with Crippen LogP contribution in [0.2, 0.25) is 0 Å². The molecule has 0 amide bonds. The summed E-state index contributed by atoms with van der Waals surface area (Å²) >= 11 is 0. The Kier molecular flexibility index (Phi) is 3.51. The normalized spacial score (nSPS) is 10.6. The zero-order chi connectivity index (χ0) is 15.9. The summed E-state index contributed by atoms with van der Waals surface area (Å²) in [6.07, 6.45) is 0. The van der Waals surface area contributed by atoms with Crippen LogP contribution in [0.25, 0.3) is 10.8 Å². The zero-order valence-electron chi connectivity index (χ0n) is 11.9. The molecule has 0 heterocycles. The van der Waals surface area contributed by atoms with Gasteiger partial charge in [-0.05, 0) is 39.0 Å². The molecule has 108 valence electrons. The van der Waals surface area contributed by atoms with Crippen LogP contribution in [-0.4, -0.2) is 27.6 Å². The average Bonchev–Trinajstić information content (AvgIpc) is 2.38. The second-order valence-corrected chi connectivity index (χ2v) is 4.87. The maximum absolute atomic E-state index is 11.8. The van der Waals surface area contributed by atoms with E-state index in [2.05, 4.69) is 0 Å². The van der Waals surface area contributed by atoms with Gasteiger partial charge < -0.3 is 10.2 Å². The second kappa shape index (κ2) is 5.01. The van der Waals surface area contributed by atoms with Gasteiger partial charge in [-0.3, -0.25) is 14.4 Å². The number of rotatable bonds is 3. The van der Waals surface area contributed by atoms with Crippen molar-refractivity contribution in [1.82, 2.24) is 0 Å². The molecule has 0 atom stereocenters. The molecular weight excluding hydrogens is 272 g/mol. The fourth-order valence-electron chi connectivity index (χ4n) is 2.32. The number of fused-ring (bicyclic) bond motifs is 1. The molecule has 0 aliphatic carbocycles. The molecule has 2 aromatic rings. The van der Waals surface area contributed by atoms with Gasteiger partial charge in [0.15, 0.2) is 17.3 Å². The van der Waals surface area contributed by atoms with E-state index < -0.39 is 5.78 Å². The van der Waals surface area contributed by atoms with E-state index in [0.717, 1.165) is 0 Å². The van der Waals surface area contributed by atoms with E-state index in [1.165, 1.54) is 39.0 Å². The highest BCUT2D eigenvalue weighted by molar-refractivity contribution is 6.17. The minimum Gasteiger partial charge on any atom is -0.507 e. The van der Waals surface area contributed by atoms with Gasteiger partial charge in [-0.2, -0.15) is 0 Å². The summed E-state index contributed by atoms with van der Waals surface area (Å²) in [6.45, 7) is 3.85. The molecule has 0 aliphatic heterocycles. The molecule has 0 aliphatic rings. The number of benzene rings is 2. The van der Waals surface area contributed by atoms with E-state index in [-0.39, 0.29) is 50.5 Å². The first-order valence-corrected chi connectivity index (χ1v) is 6.30. The smallest absolute Gasteiger partial charge is 0.163 e. The first-order chi connectivity index (χ1) is 9.75. The predicted octanol–water partition coefficient (Wildman–Crippen LogP) is 2.86. The van der Waals surface area contributed by atoms with E-state index in [0.29, 0.717) is 0 Å². The molecule has 2 aromatic carbocycles. The van der Waals surface area contributed by atoms with Crippen molar-refractivity contribution in [3.05, 3.63) is 34.9 Å².